The van der Waals surface area contributed by atoms with E-state index in [4.69, 9.17) is 9.72 Å². The van der Waals surface area contributed by atoms with Crippen molar-refractivity contribution in [3.8, 4) is 5.75 Å². The molecule has 0 radical (unpaired) electrons. The largest absolute Gasteiger partial charge is 0.497 e. The number of ether oxygens (including phenoxy) is 1. The van der Waals surface area contributed by atoms with Gasteiger partial charge in [0.25, 0.3) is 0 Å². The number of nitrogens with one attached hydrogen (secondary N) is 1. The SMILES string of the molecule is COc1ccc(Nc2nc(N3CC(C)CC(C)C3)nc3nccnc23)cc1. The Morgan fingerprint density at radius 3 is 2.41 bits per heavy atom. The van der Waals surface area contributed by atoms with Gasteiger partial charge in [-0.3, -0.25) is 0 Å². The predicted molar refractivity (Wildman–Crippen MR) is 107 cm³/mol. The van der Waals surface area contributed by atoms with Crippen LogP contribution >= 0.6 is 0 Å². The van der Waals surface area contributed by atoms with Gasteiger partial charge in [-0.05, 0) is 42.5 Å². The molecule has 2 atom stereocenters. The van der Waals surface area contributed by atoms with Gasteiger partial charge in [0.05, 0.1) is 7.11 Å². The van der Waals surface area contributed by atoms with Gasteiger partial charge in [-0.15, -0.1) is 0 Å². The number of piperidine rings is 1. The minimum Gasteiger partial charge on any atom is -0.497 e. The van der Waals surface area contributed by atoms with Crippen LogP contribution < -0.4 is 15.0 Å². The summed E-state index contributed by atoms with van der Waals surface area (Å²) in [6, 6.07) is 7.72. The average Bonchev–Trinajstić information content (AvgIpc) is 2.68. The molecule has 0 saturated carbocycles. The highest BCUT2D eigenvalue weighted by Gasteiger charge is 2.25. The lowest BCUT2D eigenvalue weighted by Crippen LogP contribution is -2.39. The van der Waals surface area contributed by atoms with Crippen LogP contribution in [0.5, 0.6) is 5.75 Å². The molecular weight excluding hydrogens is 340 g/mol. The summed E-state index contributed by atoms with van der Waals surface area (Å²) in [7, 11) is 1.66. The fraction of sp³-hybridized carbons (Fsp3) is 0.400. The first-order chi connectivity index (χ1) is 13.1. The molecular formula is C20H24N6O. The lowest BCUT2D eigenvalue weighted by Gasteiger charge is -2.35. The number of aromatic nitrogens is 4. The van der Waals surface area contributed by atoms with Gasteiger partial charge >= 0.3 is 0 Å². The number of fused-ring (bicyclic) bond motifs is 1. The van der Waals surface area contributed by atoms with Crippen LogP contribution in [0, 0.1) is 11.8 Å². The van der Waals surface area contributed by atoms with Gasteiger partial charge in [0.15, 0.2) is 17.0 Å². The molecule has 3 heterocycles. The molecule has 3 aromatic rings. The van der Waals surface area contributed by atoms with Gasteiger partial charge < -0.3 is 15.0 Å². The Morgan fingerprint density at radius 2 is 1.70 bits per heavy atom. The molecule has 2 unspecified atom stereocenters. The maximum Gasteiger partial charge on any atom is 0.229 e. The van der Waals surface area contributed by atoms with Crippen molar-refractivity contribution in [2.75, 3.05) is 30.4 Å². The lowest BCUT2D eigenvalue weighted by atomic mass is 9.92. The van der Waals surface area contributed by atoms with E-state index in [2.05, 4.69) is 39.0 Å². The van der Waals surface area contributed by atoms with E-state index in [-0.39, 0.29) is 0 Å². The van der Waals surface area contributed by atoms with E-state index < -0.39 is 0 Å². The van der Waals surface area contributed by atoms with Crippen molar-refractivity contribution in [2.45, 2.75) is 20.3 Å². The number of anilines is 3. The molecule has 0 amide bonds. The summed E-state index contributed by atoms with van der Waals surface area (Å²) in [6.07, 6.45) is 4.56. The molecule has 0 bridgehead atoms. The number of nitrogens with zero attached hydrogens (tertiary/aromatic N) is 5. The normalized spacial score (nSPS) is 19.9. The van der Waals surface area contributed by atoms with E-state index in [0.29, 0.717) is 34.8 Å². The van der Waals surface area contributed by atoms with E-state index >= 15 is 0 Å². The zero-order valence-electron chi connectivity index (χ0n) is 15.9. The summed E-state index contributed by atoms with van der Waals surface area (Å²) in [5.74, 6) is 3.42. The maximum atomic E-state index is 5.23. The van der Waals surface area contributed by atoms with Crippen molar-refractivity contribution in [1.29, 1.82) is 0 Å². The van der Waals surface area contributed by atoms with Crippen LogP contribution in [-0.4, -0.2) is 40.1 Å². The van der Waals surface area contributed by atoms with Gasteiger partial charge in [-0.25, -0.2) is 9.97 Å². The molecule has 0 aliphatic carbocycles. The maximum absolute atomic E-state index is 5.23. The van der Waals surface area contributed by atoms with E-state index in [9.17, 15) is 0 Å². The number of hydrogen-bond donors (Lipinski definition) is 1. The quantitative estimate of drug-likeness (QED) is 0.757. The number of benzene rings is 1. The molecule has 1 aliphatic heterocycles. The van der Waals surface area contributed by atoms with Crippen LogP contribution in [0.4, 0.5) is 17.5 Å². The molecule has 1 aliphatic rings. The predicted octanol–water partition coefficient (Wildman–Crippen LogP) is 3.65. The topological polar surface area (TPSA) is 76.1 Å². The Balaban J connectivity index is 1.71. The van der Waals surface area contributed by atoms with E-state index in [1.807, 2.05) is 24.3 Å². The van der Waals surface area contributed by atoms with Crippen molar-refractivity contribution < 1.29 is 4.74 Å². The fourth-order valence-electron chi connectivity index (χ4n) is 3.72. The molecule has 0 spiro atoms. The van der Waals surface area contributed by atoms with E-state index in [1.165, 1.54) is 6.42 Å². The summed E-state index contributed by atoms with van der Waals surface area (Å²) in [5.41, 5.74) is 2.17. The molecule has 4 rings (SSSR count). The minimum atomic E-state index is 0.601. The highest BCUT2D eigenvalue weighted by Crippen LogP contribution is 2.28. The second-order valence-electron chi connectivity index (χ2n) is 7.31. The van der Waals surface area contributed by atoms with Crippen LogP contribution in [-0.2, 0) is 0 Å². The van der Waals surface area contributed by atoms with Gasteiger partial charge in [0.2, 0.25) is 5.95 Å². The highest BCUT2D eigenvalue weighted by atomic mass is 16.5. The first-order valence-corrected chi connectivity index (χ1v) is 9.27. The summed E-state index contributed by atoms with van der Waals surface area (Å²) < 4.78 is 5.23. The Bertz CT molecular complexity index is 919. The third-order valence-corrected chi connectivity index (χ3v) is 4.83. The average molecular weight is 364 g/mol. The van der Waals surface area contributed by atoms with Crippen molar-refractivity contribution in [3.63, 3.8) is 0 Å². The standard InChI is InChI=1S/C20H24N6O/c1-13-10-14(2)12-26(11-13)20-24-18-17(21-8-9-22-18)19(25-20)23-15-4-6-16(27-3)7-5-15/h4-9,13-14H,10-12H2,1-3H3,(H,22,23,24,25). The van der Waals surface area contributed by atoms with Crippen molar-refractivity contribution in [1.82, 2.24) is 19.9 Å². The molecule has 7 nitrogen and oxygen atoms in total. The molecule has 1 aromatic carbocycles. The molecule has 1 saturated heterocycles. The summed E-state index contributed by atoms with van der Waals surface area (Å²) >= 11 is 0. The molecule has 27 heavy (non-hydrogen) atoms. The van der Waals surface area contributed by atoms with Crippen LogP contribution in [0.2, 0.25) is 0 Å². The van der Waals surface area contributed by atoms with Crippen LogP contribution in [0.25, 0.3) is 11.2 Å². The minimum absolute atomic E-state index is 0.601. The zero-order chi connectivity index (χ0) is 18.8. The van der Waals surface area contributed by atoms with Gasteiger partial charge in [-0.2, -0.15) is 9.97 Å². The second kappa shape index (κ2) is 7.34. The van der Waals surface area contributed by atoms with Crippen LogP contribution in [0.15, 0.2) is 36.7 Å². The first kappa shape index (κ1) is 17.5. The Morgan fingerprint density at radius 1 is 1.00 bits per heavy atom. The first-order valence-electron chi connectivity index (χ1n) is 9.27. The molecule has 1 N–H and O–H groups in total. The number of hydrogen-bond acceptors (Lipinski definition) is 7. The number of rotatable bonds is 4. The van der Waals surface area contributed by atoms with Crippen molar-refractivity contribution >= 4 is 28.6 Å². The van der Waals surface area contributed by atoms with E-state index in [1.54, 1.807) is 19.5 Å². The van der Waals surface area contributed by atoms with Crippen molar-refractivity contribution in [3.05, 3.63) is 36.7 Å². The lowest BCUT2D eigenvalue weighted by molar-refractivity contribution is 0.354. The Kier molecular flexibility index (Phi) is 4.75. The van der Waals surface area contributed by atoms with Crippen LogP contribution in [0.1, 0.15) is 20.3 Å². The van der Waals surface area contributed by atoms with Gasteiger partial charge in [0.1, 0.15) is 5.75 Å². The van der Waals surface area contributed by atoms with Crippen molar-refractivity contribution in [2.24, 2.45) is 11.8 Å². The summed E-state index contributed by atoms with van der Waals surface area (Å²) in [5, 5.41) is 3.36. The zero-order valence-corrected chi connectivity index (χ0v) is 15.9. The van der Waals surface area contributed by atoms with E-state index in [0.717, 1.165) is 24.5 Å². The third-order valence-electron chi connectivity index (χ3n) is 4.83. The van der Waals surface area contributed by atoms with Crippen LogP contribution in [0.3, 0.4) is 0 Å². The summed E-state index contributed by atoms with van der Waals surface area (Å²) in [6.45, 7) is 6.47. The Hall–Kier alpha value is -2.96. The number of methoxy groups -OCH3 is 1. The molecule has 1 fully saturated rings. The van der Waals surface area contributed by atoms with Gasteiger partial charge in [-0.1, -0.05) is 13.8 Å². The van der Waals surface area contributed by atoms with Gasteiger partial charge in [0, 0.05) is 31.2 Å². The Labute approximate surface area is 158 Å². The third kappa shape index (κ3) is 3.77. The monoisotopic (exact) mass is 364 g/mol. The molecule has 2 aromatic heterocycles. The smallest absolute Gasteiger partial charge is 0.229 e. The summed E-state index contributed by atoms with van der Waals surface area (Å²) in [4.78, 5) is 20.6. The molecule has 7 heteroatoms. The fourth-order valence-corrected chi connectivity index (χ4v) is 3.72. The molecule has 140 valence electrons. The highest BCUT2D eigenvalue weighted by molar-refractivity contribution is 5.85. The second-order valence-corrected chi connectivity index (χ2v) is 7.31.